The fourth-order valence-electron chi connectivity index (χ4n) is 0.839. The third-order valence-electron chi connectivity index (χ3n) is 1.48. The first-order valence-electron chi connectivity index (χ1n) is 3.42. The van der Waals surface area contributed by atoms with Crippen LogP contribution in [-0.4, -0.2) is 10.2 Å². The van der Waals surface area contributed by atoms with Crippen molar-refractivity contribution in [3.8, 4) is 0 Å². The van der Waals surface area contributed by atoms with Crippen LogP contribution in [-0.2, 0) is 5.41 Å². The number of nitrogens with zero attached hydrogens (tertiary/aromatic N) is 1. The van der Waals surface area contributed by atoms with Gasteiger partial charge in [0.15, 0.2) is 11.6 Å². The normalized spacial score (nSPS) is 12.0. The number of anilines is 1. The van der Waals surface area contributed by atoms with Gasteiger partial charge in [-0.2, -0.15) is 5.10 Å². The van der Waals surface area contributed by atoms with Crippen LogP contribution in [0.4, 0.5) is 10.2 Å². The van der Waals surface area contributed by atoms with Crippen molar-refractivity contribution in [2.24, 2.45) is 0 Å². The molecule has 3 nitrogen and oxygen atoms in total. The van der Waals surface area contributed by atoms with E-state index in [-0.39, 0.29) is 11.2 Å². The van der Waals surface area contributed by atoms with Gasteiger partial charge in [-0.15, -0.1) is 0 Å². The van der Waals surface area contributed by atoms with Crippen molar-refractivity contribution in [3.05, 3.63) is 11.5 Å². The maximum Gasteiger partial charge on any atom is 0.188 e. The maximum atomic E-state index is 13.0. The molecule has 0 fully saturated rings. The first-order chi connectivity index (χ1) is 4.93. The van der Waals surface area contributed by atoms with Crippen LogP contribution >= 0.6 is 0 Å². The highest BCUT2D eigenvalue weighted by Gasteiger charge is 2.22. The number of hydrogen-bond donors (Lipinski definition) is 2. The SMILES string of the molecule is CC(C)(C)c1[nH]nc(N)c1F. The molecule has 0 spiro atoms. The van der Waals surface area contributed by atoms with Gasteiger partial charge in [0.05, 0.1) is 5.69 Å². The topological polar surface area (TPSA) is 54.7 Å². The number of nitrogens with two attached hydrogens (primary N) is 1. The molecule has 11 heavy (non-hydrogen) atoms. The zero-order chi connectivity index (χ0) is 8.65. The molecule has 0 radical (unpaired) electrons. The predicted octanol–water partition coefficient (Wildman–Crippen LogP) is 1.43. The Morgan fingerprint density at radius 2 is 2.00 bits per heavy atom. The molecule has 0 aliphatic carbocycles. The van der Waals surface area contributed by atoms with E-state index >= 15 is 0 Å². The third-order valence-corrected chi connectivity index (χ3v) is 1.48. The highest BCUT2D eigenvalue weighted by molar-refractivity contribution is 5.34. The van der Waals surface area contributed by atoms with E-state index in [2.05, 4.69) is 10.2 Å². The lowest BCUT2D eigenvalue weighted by Gasteiger charge is -2.15. The van der Waals surface area contributed by atoms with Gasteiger partial charge in [0.25, 0.3) is 0 Å². The molecule has 1 aromatic heterocycles. The largest absolute Gasteiger partial charge is 0.380 e. The smallest absolute Gasteiger partial charge is 0.188 e. The highest BCUT2D eigenvalue weighted by Crippen LogP contribution is 2.24. The first kappa shape index (κ1) is 8.04. The molecule has 62 valence electrons. The summed E-state index contributed by atoms with van der Waals surface area (Å²) in [6.07, 6.45) is 0. The minimum Gasteiger partial charge on any atom is -0.380 e. The van der Waals surface area contributed by atoms with E-state index in [1.165, 1.54) is 0 Å². The zero-order valence-electron chi connectivity index (χ0n) is 6.90. The molecular formula is C7H12FN3. The molecule has 0 aliphatic rings. The summed E-state index contributed by atoms with van der Waals surface area (Å²) in [4.78, 5) is 0. The van der Waals surface area contributed by atoms with Crippen molar-refractivity contribution in [2.45, 2.75) is 26.2 Å². The van der Waals surface area contributed by atoms with Gasteiger partial charge in [0.2, 0.25) is 0 Å². The van der Waals surface area contributed by atoms with E-state index in [1.54, 1.807) is 0 Å². The Morgan fingerprint density at radius 3 is 2.18 bits per heavy atom. The van der Waals surface area contributed by atoms with E-state index in [4.69, 9.17) is 5.73 Å². The summed E-state index contributed by atoms with van der Waals surface area (Å²) in [5.74, 6) is -0.493. The van der Waals surface area contributed by atoms with Gasteiger partial charge in [0.1, 0.15) is 0 Å². The Kier molecular flexibility index (Phi) is 1.62. The summed E-state index contributed by atoms with van der Waals surface area (Å²) in [7, 11) is 0. The molecule has 1 rings (SSSR count). The van der Waals surface area contributed by atoms with Crippen LogP contribution in [0.15, 0.2) is 0 Å². The van der Waals surface area contributed by atoms with Gasteiger partial charge >= 0.3 is 0 Å². The second kappa shape index (κ2) is 2.22. The molecule has 3 N–H and O–H groups in total. The zero-order valence-corrected chi connectivity index (χ0v) is 6.90. The van der Waals surface area contributed by atoms with E-state index in [0.717, 1.165) is 0 Å². The summed E-state index contributed by atoms with van der Waals surface area (Å²) in [6.45, 7) is 5.68. The summed E-state index contributed by atoms with van der Waals surface area (Å²) >= 11 is 0. The molecule has 0 unspecified atom stereocenters. The Labute approximate surface area is 64.8 Å². The quantitative estimate of drug-likeness (QED) is 0.598. The Hall–Kier alpha value is -1.06. The average molecular weight is 157 g/mol. The number of aromatic amines is 1. The molecule has 0 aromatic carbocycles. The van der Waals surface area contributed by atoms with Crippen LogP contribution < -0.4 is 5.73 Å². The van der Waals surface area contributed by atoms with Crippen molar-refractivity contribution >= 4 is 5.82 Å². The second-order valence-corrected chi connectivity index (χ2v) is 3.55. The van der Waals surface area contributed by atoms with Gasteiger partial charge in [0, 0.05) is 5.41 Å². The van der Waals surface area contributed by atoms with Gasteiger partial charge in [-0.3, -0.25) is 5.10 Å². The minimum absolute atomic E-state index is 0.0603. The number of halogens is 1. The molecule has 4 heteroatoms. The fraction of sp³-hybridized carbons (Fsp3) is 0.571. The Morgan fingerprint density at radius 1 is 1.45 bits per heavy atom. The summed E-state index contributed by atoms with van der Waals surface area (Å²) < 4.78 is 13.0. The number of aromatic nitrogens is 2. The predicted molar refractivity (Wildman–Crippen MR) is 41.7 cm³/mol. The van der Waals surface area contributed by atoms with E-state index in [9.17, 15) is 4.39 Å². The van der Waals surface area contributed by atoms with E-state index < -0.39 is 5.82 Å². The van der Waals surface area contributed by atoms with E-state index in [1.807, 2.05) is 20.8 Å². The number of rotatable bonds is 0. The summed E-state index contributed by atoms with van der Waals surface area (Å²) in [5, 5.41) is 6.12. The lowest BCUT2D eigenvalue weighted by atomic mass is 9.92. The monoisotopic (exact) mass is 157 g/mol. The van der Waals surface area contributed by atoms with Crippen molar-refractivity contribution in [3.63, 3.8) is 0 Å². The molecular weight excluding hydrogens is 145 g/mol. The number of nitrogens with one attached hydrogen (secondary N) is 1. The molecule has 0 atom stereocenters. The summed E-state index contributed by atoms with van der Waals surface area (Å²) in [6, 6.07) is 0. The lowest BCUT2D eigenvalue weighted by molar-refractivity contribution is 0.513. The van der Waals surface area contributed by atoms with E-state index in [0.29, 0.717) is 5.69 Å². The van der Waals surface area contributed by atoms with Crippen molar-refractivity contribution in [1.29, 1.82) is 0 Å². The number of nitrogen functional groups attached to an aromatic ring is 1. The molecule has 0 bridgehead atoms. The Bertz CT molecular complexity index is 259. The Balaban J connectivity index is 3.15. The van der Waals surface area contributed by atoms with Gasteiger partial charge in [-0.1, -0.05) is 20.8 Å². The summed E-state index contributed by atoms with van der Waals surface area (Å²) in [5.41, 5.74) is 5.40. The standard InChI is InChI=1S/C7H12FN3/c1-7(2,3)5-4(8)6(9)11-10-5/h1-3H3,(H3,9,10,11). The number of H-pyrrole nitrogens is 1. The van der Waals surface area contributed by atoms with Crippen LogP contribution in [0.3, 0.4) is 0 Å². The third kappa shape index (κ3) is 1.34. The molecule has 0 saturated heterocycles. The van der Waals surface area contributed by atoms with Crippen LogP contribution in [0.5, 0.6) is 0 Å². The van der Waals surface area contributed by atoms with Gasteiger partial charge in [-0.05, 0) is 0 Å². The fourth-order valence-corrected chi connectivity index (χ4v) is 0.839. The lowest BCUT2D eigenvalue weighted by Crippen LogP contribution is -2.13. The highest BCUT2D eigenvalue weighted by atomic mass is 19.1. The van der Waals surface area contributed by atoms with Crippen LogP contribution in [0.1, 0.15) is 26.5 Å². The molecule has 0 saturated carbocycles. The van der Waals surface area contributed by atoms with Crippen molar-refractivity contribution < 1.29 is 4.39 Å². The number of hydrogen-bond acceptors (Lipinski definition) is 2. The minimum atomic E-state index is -0.433. The molecule has 0 aliphatic heterocycles. The molecule has 0 amide bonds. The molecule has 1 aromatic rings. The maximum absolute atomic E-state index is 13.0. The van der Waals surface area contributed by atoms with Gasteiger partial charge in [-0.25, -0.2) is 4.39 Å². The average Bonchev–Trinajstić information content (AvgIpc) is 2.11. The van der Waals surface area contributed by atoms with Crippen LogP contribution in [0, 0.1) is 5.82 Å². The molecule has 1 heterocycles. The van der Waals surface area contributed by atoms with Gasteiger partial charge < -0.3 is 5.73 Å². The van der Waals surface area contributed by atoms with Crippen LogP contribution in [0.2, 0.25) is 0 Å². The second-order valence-electron chi connectivity index (χ2n) is 3.55. The van der Waals surface area contributed by atoms with Crippen molar-refractivity contribution in [2.75, 3.05) is 5.73 Å². The van der Waals surface area contributed by atoms with Crippen molar-refractivity contribution in [1.82, 2.24) is 10.2 Å². The van der Waals surface area contributed by atoms with Crippen LogP contribution in [0.25, 0.3) is 0 Å². The first-order valence-corrected chi connectivity index (χ1v) is 3.42.